The lowest BCUT2D eigenvalue weighted by atomic mass is 10.0. The van der Waals surface area contributed by atoms with Crippen molar-refractivity contribution < 1.29 is 24.1 Å². The van der Waals surface area contributed by atoms with Crippen molar-refractivity contribution in [2.75, 3.05) is 20.8 Å². The molecule has 1 fully saturated rings. The van der Waals surface area contributed by atoms with Gasteiger partial charge in [-0.05, 0) is 0 Å². The molecule has 0 saturated carbocycles. The second-order valence-electron chi connectivity index (χ2n) is 2.95. The highest BCUT2D eigenvalue weighted by molar-refractivity contribution is 5.69. The number of hydrogen-bond donors (Lipinski definition) is 1. The minimum Gasteiger partial charge on any atom is -0.469 e. The molecule has 0 radical (unpaired) electrons. The Balaban J connectivity index is 2.49. The molecule has 76 valence electrons. The quantitative estimate of drug-likeness (QED) is 0.609. The highest BCUT2D eigenvalue weighted by Crippen LogP contribution is 2.25. The molecule has 0 aromatic heterocycles. The van der Waals surface area contributed by atoms with Gasteiger partial charge in [-0.3, -0.25) is 4.79 Å². The van der Waals surface area contributed by atoms with Gasteiger partial charge in [0.1, 0.15) is 0 Å². The van der Waals surface area contributed by atoms with Gasteiger partial charge < -0.3 is 19.3 Å². The van der Waals surface area contributed by atoms with Crippen LogP contribution in [0, 0.1) is 5.92 Å². The van der Waals surface area contributed by atoms with Gasteiger partial charge in [-0.2, -0.15) is 0 Å². The lowest BCUT2D eigenvalue weighted by Crippen LogP contribution is -2.28. The summed E-state index contributed by atoms with van der Waals surface area (Å²) < 4.78 is 14.5. The molecular formula is C8H14O5. The predicted octanol–water partition coefficient (Wildman–Crippen LogP) is -0.471. The average molecular weight is 190 g/mol. The lowest BCUT2D eigenvalue weighted by molar-refractivity contribution is -0.148. The third-order valence-electron chi connectivity index (χ3n) is 2.14. The molecule has 3 unspecified atom stereocenters. The number of carbonyl (C=O) groups is 1. The molecule has 5 heteroatoms. The number of esters is 1. The van der Waals surface area contributed by atoms with Crippen LogP contribution in [0.2, 0.25) is 0 Å². The standard InChI is InChI=1S/C8H14O5/c1-11-7(10)3-5-6(9)4-13-8(5)12-2/h5-6,8-9H,3-4H2,1-2H3. The first-order chi connectivity index (χ1) is 6.19. The van der Waals surface area contributed by atoms with Gasteiger partial charge in [0.25, 0.3) is 0 Å². The van der Waals surface area contributed by atoms with E-state index >= 15 is 0 Å². The van der Waals surface area contributed by atoms with Gasteiger partial charge in [0.05, 0.1) is 26.2 Å². The van der Waals surface area contributed by atoms with E-state index in [4.69, 9.17) is 9.47 Å². The zero-order valence-electron chi connectivity index (χ0n) is 7.73. The first kappa shape index (κ1) is 10.4. The number of rotatable bonds is 3. The van der Waals surface area contributed by atoms with Gasteiger partial charge in [-0.15, -0.1) is 0 Å². The molecular weight excluding hydrogens is 176 g/mol. The molecule has 0 aromatic rings. The third-order valence-corrected chi connectivity index (χ3v) is 2.14. The van der Waals surface area contributed by atoms with Crippen LogP contribution < -0.4 is 0 Å². The van der Waals surface area contributed by atoms with E-state index in [-0.39, 0.29) is 24.9 Å². The van der Waals surface area contributed by atoms with Crippen molar-refractivity contribution in [1.82, 2.24) is 0 Å². The molecule has 0 amide bonds. The minimum absolute atomic E-state index is 0.121. The predicted molar refractivity (Wildman–Crippen MR) is 42.9 cm³/mol. The number of aliphatic hydroxyl groups excluding tert-OH is 1. The summed E-state index contributed by atoms with van der Waals surface area (Å²) in [7, 11) is 2.79. The van der Waals surface area contributed by atoms with Crippen LogP contribution in [0.25, 0.3) is 0 Å². The van der Waals surface area contributed by atoms with Crippen LogP contribution in [-0.4, -0.2) is 44.3 Å². The SMILES string of the molecule is COC(=O)CC1C(O)COC1OC. The maximum atomic E-state index is 10.9. The van der Waals surface area contributed by atoms with E-state index in [0.29, 0.717) is 0 Å². The average Bonchev–Trinajstić information content (AvgIpc) is 2.48. The first-order valence-electron chi connectivity index (χ1n) is 4.08. The molecule has 1 aliphatic heterocycles. The Morgan fingerprint density at radius 2 is 2.31 bits per heavy atom. The lowest BCUT2D eigenvalue weighted by Gasteiger charge is -2.17. The Labute approximate surface area is 76.6 Å². The molecule has 1 heterocycles. The van der Waals surface area contributed by atoms with Crippen molar-refractivity contribution in [3.63, 3.8) is 0 Å². The summed E-state index contributed by atoms with van der Waals surface area (Å²) in [5.41, 5.74) is 0. The molecule has 1 rings (SSSR count). The van der Waals surface area contributed by atoms with E-state index in [0.717, 1.165) is 0 Å². The molecule has 1 N–H and O–H groups in total. The Bertz CT molecular complexity index is 181. The molecule has 0 spiro atoms. The van der Waals surface area contributed by atoms with Gasteiger partial charge in [0.15, 0.2) is 6.29 Å². The zero-order valence-corrected chi connectivity index (χ0v) is 7.73. The largest absolute Gasteiger partial charge is 0.469 e. The summed E-state index contributed by atoms with van der Waals surface area (Å²) in [5.74, 6) is -0.686. The fourth-order valence-corrected chi connectivity index (χ4v) is 1.37. The van der Waals surface area contributed by atoms with Gasteiger partial charge in [0.2, 0.25) is 0 Å². The smallest absolute Gasteiger partial charge is 0.306 e. The summed E-state index contributed by atoms with van der Waals surface area (Å²) in [6, 6.07) is 0. The Hall–Kier alpha value is -0.650. The van der Waals surface area contributed by atoms with Gasteiger partial charge in [0, 0.05) is 13.0 Å². The first-order valence-corrected chi connectivity index (χ1v) is 4.08. The van der Waals surface area contributed by atoms with Gasteiger partial charge in [-0.1, -0.05) is 0 Å². The van der Waals surface area contributed by atoms with E-state index in [1.165, 1.54) is 14.2 Å². The van der Waals surface area contributed by atoms with E-state index in [2.05, 4.69) is 4.74 Å². The summed E-state index contributed by atoms with van der Waals surface area (Å²) >= 11 is 0. The molecule has 0 bridgehead atoms. The molecule has 13 heavy (non-hydrogen) atoms. The van der Waals surface area contributed by atoms with Crippen LogP contribution in [0.3, 0.4) is 0 Å². The van der Waals surface area contributed by atoms with Crippen molar-refractivity contribution in [3.8, 4) is 0 Å². The topological polar surface area (TPSA) is 65.0 Å². The highest BCUT2D eigenvalue weighted by atomic mass is 16.7. The van der Waals surface area contributed by atoms with Crippen LogP contribution in [0.5, 0.6) is 0 Å². The number of hydrogen-bond acceptors (Lipinski definition) is 5. The van der Waals surface area contributed by atoms with Gasteiger partial charge >= 0.3 is 5.97 Å². The van der Waals surface area contributed by atoms with E-state index < -0.39 is 12.4 Å². The highest BCUT2D eigenvalue weighted by Gasteiger charge is 2.37. The maximum Gasteiger partial charge on any atom is 0.306 e. The molecule has 1 aliphatic rings. The normalized spacial score (nSPS) is 33.3. The zero-order chi connectivity index (χ0) is 9.84. The van der Waals surface area contributed by atoms with E-state index in [1.54, 1.807) is 0 Å². The van der Waals surface area contributed by atoms with Crippen LogP contribution in [0.4, 0.5) is 0 Å². The molecule has 0 aliphatic carbocycles. The second kappa shape index (κ2) is 4.55. The van der Waals surface area contributed by atoms with Crippen molar-refractivity contribution in [2.45, 2.75) is 18.8 Å². The van der Waals surface area contributed by atoms with Crippen LogP contribution in [0.1, 0.15) is 6.42 Å². The van der Waals surface area contributed by atoms with Crippen molar-refractivity contribution in [2.24, 2.45) is 5.92 Å². The van der Waals surface area contributed by atoms with Crippen LogP contribution in [-0.2, 0) is 19.0 Å². The van der Waals surface area contributed by atoms with Crippen LogP contribution in [0.15, 0.2) is 0 Å². The summed E-state index contributed by atoms with van der Waals surface area (Å²) in [6.07, 6.45) is -1.03. The molecule has 5 nitrogen and oxygen atoms in total. The Kier molecular flexibility index (Phi) is 3.65. The van der Waals surface area contributed by atoms with Crippen molar-refractivity contribution in [3.05, 3.63) is 0 Å². The van der Waals surface area contributed by atoms with Crippen molar-refractivity contribution >= 4 is 5.97 Å². The van der Waals surface area contributed by atoms with E-state index in [1.807, 2.05) is 0 Å². The number of aliphatic hydroxyl groups is 1. The summed E-state index contributed by atoms with van der Waals surface area (Å²) in [5, 5.41) is 9.42. The molecule has 1 saturated heterocycles. The summed E-state index contributed by atoms with van der Waals surface area (Å²) in [6.45, 7) is 0.208. The van der Waals surface area contributed by atoms with Gasteiger partial charge in [-0.25, -0.2) is 0 Å². The fraction of sp³-hybridized carbons (Fsp3) is 0.875. The second-order valence-corrected chi connectivity index (χ2v) is 2.95. The Morgan fingerprint density at radius 3 is 2.85 bits per heavy atom. The van der Waals surface area contributed by atoms with E-state index in [9.17, 15) is 9.90 Å². The number of methoxy groups -OCH3 is 2. The monoisotopic (exact) mass is 190 g/mol. The molecule has 3 atom stereocenters. The number of carbonyl (C=O) groups excluding carboxylic acids is 1. The maximum absolute atomic E-state index is 10.9. The third kappa shape index (κ3) is 2.40. The Morgan fingerprint density at radius 1 is 1.62 bits per heavy atom. The summed E-state index contributed by atoms with van der Waals surface area (Å²) in [4.78, 5) is 10.9. The fourth-order valence-electron chi connectivity index (χ4n) is 1.37. The minimum atomic E-state index is -0.649. The van der Waals surface area contributed by atoms with Crippen LogP contribution >= 0.6 is 0 Å². The molecule has 0 aromatic carbocycles. The number of ether oxygens (including phenoxy) is 3. The van der Waals surface area contributed by atoms with Crippen molar-refractivity contribution in [1.29, 1.82) is 0 Å².